The van der Waals surface area contributed by atoms with E-state index < -0.39 is 0 Å². The number of hydrogen-bond acceptors (Lipinski definition) is 2. The quantitative estimate of drug-likeness (QED) is 0.891. The summed E-state index contributed by atoms with van der Waals surface area (Å²) in [5.41, 5.74) is 2.47. The third-order valence-corrected chi connectivity index (χ3v) is 6.20. The molecule has 1 unspecified atom stereocenters. The summed E-state index contributed by atoms with van der Waals surface area (Å²) in [6, 6.07) is 21.1. The Kier molecular flexibility index (Phi) is 5.07. The van der Waals surface area contributed by atoms with Crippen molar-refractivity contribution in [2.45, 2.75) is 38.3 Å². The van der Waals surface area contributed by atoms with E-state index >= 15 is 0 Å². The highest BCUT2D eigenvalue weighted by molar-refractivity contribution is 5.83. The second-order valence-electron chi connectivity index (χ2n) is 7.93. The van der Waals surface area contributed by atoms with Crippen LogP contribution in [-0.4, -0.2) is 29.9 Å². The molecule has 4 atom stereocenters. The third kappa shape index (κ3) is 3.68. The zero-order valence-corrected chi connectivity index (χ0v) is 15.5. The van der Waals surface area contributed by atoms with Gasteiger partial charge in [-0.15, -0.1) is 0 Å². The number of carbonyl (C=O) groups excluding carboxylic acids is 1. The summed E-state index contributed by atoms with van der Waals surface area (Å²) < 4.78 is 0. The Bertz CT molecular complexity index is 730. The lowest BCUT2D eigenvalue weighted by molar-refractivity contribution is -0.123. The Morgan fingerprint density at radius 3 is 2.46 bits per heavy atom. The highest BCUT2D eigenvalue weighted by atomic mass is 16.1. The van der Waals surface area contributed by atoms with Crippen LogP contribution in [0.2, 0.25) is 0 Å². The van der Waals surface area contributed by atoms with Gasteiger partial charge in [-0.25, -0.2) is 0 Å². The minimum atomic E-state index is -0.0860. The van der Waals surface area contributed by atoms with Crippen LogP contribution in [0.4, 0.5) is 0 Å². The fourth-order valence-electron chi connectivity index (χ4n) is 4.71. The number of hydrogen-bond donors (Lipinski definition) is 1. The molecule has 0 aromatic heterocycles. The zero-order valence-electron chi connectivity index (χ0n) is 15.5. The van der Waals surface area contributed by atoms with Gasteiger partial charge in [0, 0.05) is 25.7 Å². The summed E-state index contributed by atoms with van der Waals surface area (Å²) in [7, 11) is 0. The van der Waals surface area contributed by atoms with Crippen molar-refractivity contribution in [3.05, 3.63) is 71.8 Å². The standard InChI is InChI=1S/C23H28N2O/c1-17(19-10-6-3-7-11-19)23(26)24-22-13-12-20-15-25(16-21(20)22)14-18-8-4-2-5-9-18/h2-11,17,20-22H,12-16H2,1H3,(H,24,26)/t17?,20-,21+,22+/m1/s1. The van der Waals surface area contributed by atoms with Gasteiger partial charge < -0.3 is 5.32 Å². The van der Waals surface area contributed by atoms with Crippen LogP contribution in [0.25, 0.3) is 0 Å². The van der Waals surface area contributed by atoms with Crippen LogP contribution in [0.5, 0.6) is 0 Å². The third-order valence-electron chi connectivity index (χ3n) is 6.20. The number of fused-ring (bicyclic) bond motifs is 1. The average molecular weight is 348 g/mol. The van der Waals surface area contributed by atoms with E-state index in [1.165, 1.54) is 18.5 Å². The molecule has 2 aromatic rings. The maximum Gasteiger partial charge on any atom is 0.227 e. The molecule has 1 amide bonds. The van der Waals surface area contributed by atoms with Crippen LogP contribution in [0.1, 0.15) is 36.8 Å². The van der Waals surface area contributed by atoms with Gasteiger partial charge in [0.2, 0.25) is 5.91 Å². The van der Waals surface area contributed by atoms with E-state index in [-0.39, 0.29) is 11.8 Å². The van der Waals surface area contributed by atoms with E-state index in [0.29, 0.717) is 12.0 Å². The van der Waals surface area contributed by atoms with Crippen molar-refractivity contribution >= 4 is 5.91 Å². The molecule has 0 radical (unpaired) electrons. The maximum absolute atomic E-state index is 12.7. The molecule has 1 heterocycles. The second-order valence-corrected chi connectivity index (χ2v) is 7.93. The monoisotopic (exact) mass is 348 g/mol. The summed E-state index contributed by atoms with van der Waals surface area (Å²) in [6.45, 7) is 5.30. The largest absolute Gasteiger partial charge is 0.353 e. The Morgan fingerprint density at radius 2 is 1.73 bits per heavy atom. The van der Waals surface area contributed by atoms with E-state index in [2.05, 4.69) is 40.5 Å². The SMILES string of the molecule is CC(C(=O)N[C@H]1CC[C@@H]2CN(Cc3ccccc3)C[C@@H]21)c1ccccc1. The van der Waals surface area contributed by atoms with Crippen molar-refractivity contribution in [2.24, 2.45) is 11.8 Å². The van der Waals surface area contributed by atoms with Crippen LogP contribution in [0, 0.1) is 11.8 Å². The van der Waals surface area contributed by atoms with Crippen LogP contribution in [0.3, 0.4) is 0 Å². The predicted molar refractivity (Wildman–Crippen MR) is 105 cm³/mol. The number of benzene rings is 2. The Labute approximate surface area is 156 Å². The van der Waals surface area contributed by atoms with E-state index in [1.807, 2.05) is 37.3 Å². The molecule has 1 saturated carbocycles. The fourth-order valence-corrected chi connectivity index (χ4v) is 4.71. The van der Waals surface area contributed by atoms with Crippen molar-refractivity contribution in [1.82, 2.24) is 10.2 Å². The molecule has 1 aliphatic heterocycles. The van der Waals surface area contributed by atoms with E-state index in [4.69, 9.17) is 0 Å². The van der Waals surface area contributed by atoms with Gasteiger partial charge in [0.1, 0.15) is 0 Å². The molecule has 2 fully saturated rings. The molecule has 26 heavy (non-hydrogen) atoms. The molecular weight excluding hydrogens is 320 g/mol. The summed E-state index contributed by atoms with van der Waals surface area (Å²) in [4.78, 5) is 15.3. The minimum absolute atomic E-state index is 0.0860. The molecule has 2 aromatic carbocycles. The number of carbonyl (C=O) groups is 1. The highest BCUT2D eigenvalue weighted by Crippen LogP contribution is 2.39. The van der Waals surface area contributed by atoms with Gasteiger partial charge in [0.05, 0.1) is 5.92 Å². The highest BCUT2D eigenvalue weighted by Gasteiger charge is 2.43. The number of rotatable bonds is 5. The first kappa shape index (κ1) is 17.3. The molecule has 3 heteroatoms. The predicted octanol–water partition coefficient (Wildman–Crippen LogP) is 3.82. The van der Waals surface area contributed by atoms with Crippen molar-refractivity contribution in [1.29, 1.82) is 0 Å². The number of nitrogens with zero attached hydrogens (tertiary/aromatic N) is 1. The first-order valence-electron chi connectivity index (χ1n) is 9.82. The summed E-state index contributed by atoms with van der Waals surface area (Å²) in [6.07, 6.45) is 2.36. The van der Waals surface area contributed by atoms with Gasteiger partial charge in [-0.3, -0.25) is 9.69 Å². The summed E-state index contributed by atoms with van der Waals surface area (Å²) in [5, 5.41) is 3.37. The zero-order chi connectivity index (χ0) is 17.9. The molecule has 4 rings (SSSR count). The van der Waals surface area contributed by atoms with Crippen molar-refractivity contribution < 1.29 is 4.79 Å². The smallest absolute Gasteiger partial charge is 0.227 e. The Balaban J connectivity index is 1.35. The van der Waals surface area contributed by atoms with Gasteiger partial charge in [0.15, 0.2) is 0 Å². The van der Waals surface area contributed by atoms with Gasteiger partial charge in [-0.05, 0) is 42.7 Å². The van der Waals surface area contributed by atoms with Crippen molar-refractivity contribution in [3.8, 4) is 0 Å². The van der Waals surface area contributed by atoms with Crippen LogP contribution in [0.15, 0.2) is 60.7 Å². The van der Waals surface area contributed by atoms with Crippen LogP contribution >= 0.6 is 0 Å². The second kappa shape index (κ2) is 7.63. The Hall–Kier alpha value is -2.13. The normalized spacial score (nSPS) is 26.4. The lowest BCUT2D eigenvalue weighted by Gasteiger charge is -2.23. The van der Waals surface area contributed by atoms with Gasteiger partial charge in [-0.2, -0.15) is 0 Å². The lowest BCUT2D eigenvalue weighted by atomic mass is 9.96. The number of nitrogens with one attached hydrogen (secondary N) is 1. The van der Waals surface area contributed by atoms with Gasteiger partial charge in [-0.1, -0.05) is 60.7 Å². The van der Waals surface area contributed by atoms with E-state index in [9.17, 15) is 4.79 Å². The van der Waals surface area contributed by atoms with E-state index in [1.54, 1.807) is 0 Å². The number of amides is 1. The molecule has 0 spiro atoms. The summed E-state index contributed by atoms with van der Waals surface area (Å²) >= 11 is 0. The molecule has 1 aliphatic carbocycles. The fraction of sp³-hybridized carbons (Fsp3) is 0.435. The lowest BCUT2D eigenvalue weighted by Crippen LogP contribution is -2.41. The summed E-state index contributed by atoms with van der Waals surface area (Å²) in [5.74, 6) is 1.42. The van der Waals surface area contributed by atoms with Crippen LogP contribution < -0.4 is 5.32 Å². The first-order valence-corrected chi connectivity index (χ1v) is 9.82. The van der Waals surface area contributed by atoms with Crippen LogP contribution in [-0.2, 0) is 11.3 Å². The maximum atomic E-state index is 12.7. The topological polar surface area (TPSA) is 32.3 Å². The van der Waals surface area contributed by atoms with Gasteiger partial charge >= 0.3 is 0 Å². The minimum Gasteiger partial charge on any atom is -0.353 e. The van der Waals surface area contributed by atoms with Crippen molar-refractivity contribution in [3.63, 3.8) is 0 Å². The first-order chi connectivity index (χ1) is 12.7. The van der Waals surface area contributed by atoms with Gasteiger partial charge in [0.25, 0.3) is 0 Å². The molecular formula is C23H28N2O. The number of likely N-dealkylation sites (tertiary alicyclic amines) is 1. The molecule has 2 aliphatic rings. The van der Waals surface area contributed by atoms with E-state index in [0.717, 1.165) is 31.0 Å². The molecule has 3 nitrogen and oxygen atoms in total. The average Bonchev–Trinajstić information content (AvgIpc) is 3.24. The molecule has 0 bridgehead atoms. The Morgan fingerprint density at radius 1 is 1.04 bits per heavy atom. The molecule has 1 saturated heterocycles. The van der Waals surface area contributed by atoms with Crippen molar-refractivity contribution in [2.75, 3.05) is 13.1 Å². The molecule has 1 N–H and O–H groups in total. The molecule has 136 valence electrons.